The predicted octanol–water partition coefficient (Wildman–Crippen LogP) is 4.24. The molecule has 2 aromatic rings. The molecule has 1 saturated heterocycles. The van der Waals surface area contributed by atoms with Gasteiger partial charge in [-0.25, -0.2) is 4.79 Å². The van der Waals surface area contributed by atoms with Gasteiger partial charge in [-0.15, -0.1) is 11.3 Å². The number of anilines is 1. The number of hydrogen-bond acceptors (Lipinski definition) is 5. The number of carbonyl (C=O) groups excluding carboxylic acids is 1. The molecule has 1 fully saturated rings. The lowest BCUT2D eigenvalue weighted by Crippen LogP contribution is -2.50. The van der Waals surface area contributed by atoms with E-state index in [0.29, 0.717) is 17.3 Å². The average Bonchev–Trinajstić information content (AvgIpc) is 3.12. The number of esters is 1. The number of carbonyl (C=O) groups is 1. The van der Waals surface area contributed by atoms with E-state index in [2.05, 4.69) is 34.2 Å². The van der Waals surface area contributed by atoms with Crippen LogP contribution in [0.3, 0.4) is 0 Å². The van der Waals surface area contributed by atoms with Gasteiger partial charge in [-0.1, -0.05) is 37.3 Å². The SMILES string of the molecule is CCCN1CCN(C(=S)Nc2sc(Cc3ccccc3)cc2C(=O)OCC)CC1. The lowest BCUT2D eigenvalue weighted by molar-refractivity contribution is 0.0528. The highest BCUT2D eigenvalue weighted by Gasteiger charge is 2.22. The van der Waals surface area contributed by atoms with E-state index in [4.69, 9.17) is 17.0 Å². The summed E-state index contributed by atoms with van der Waals surface area (Å²) in [6.45, 7) is 9.36. The molecular formula is C22H29N3O2S2. The molecule has 1 N–H and O–H groups in total. The molecule has 1 aliphatic rings. The highest BCUT2D eigenvalue weighted by molar-refractivity contribution is 7.80. The van der Waals surface area contributed by atoms with Gasteiger partial charge in [0.2, 0.25) is 0 Å². The monoisotopic (exact) mass is 431 g/mol. The fourth-order valence-corrected chi connectivity index (χ4v) is 4.87. The van der Waals surface area contributed by atoms with Crippen LogP contribution in [0.25, 0.3) is 0 Å². The normalized spacial score (nSPS) is 14.6. The third kappa shape index (κ3) is 6.01. The summed E-state index contributed by atoms with van der Waals surface area (Å²) in [5.74, 6) is -0.305. The molecule has 156 valence electrons. The van der Waals surface area contributed by atoms with E-state index >= 15 is 0 Å². The molecule has 7 heteroatoms. The topological polar surface area (TPSA) is 44.8 Å². The van der Waals surface area contributed by atoms with Crippen molar-refractivity contribution in [2.24, 2.45) is 0 Å². The molecule has 0 bridgehead atoms. The maximum Gasteiger partial charge on any atom is 0.341 e. The van der Waals surface area contributed by atoms with Crippen LogP contribution in [0.4, 0.5) is 5.00 Å². The van der Waals surface area contributed by atoms with Crippen LogP contribution in [0.5, 0.6) is 0 Å². The van der Waals surface area contributed by atoms with Crippen molar-refractivity contribution in [2.75, 3.05) is 44.6 Å². The van der Waals surface area contributed by atoms with E-state index in [-0.39, 0.29) is 5.97 Å². The first-order valence-corrected chi connectivity index (χ1v) is 11.4. The molecule has 5 nitrogen and oxygen atoms in total. The second kappa shape index (κ2) is 10.7. The zero-order valence-corrected chi connectivity index (χ0v) is 18.8. The first kappa shape index (κ1) is 21.7. The molecule has 0 atom stereocenters. The minimum atomic E-state index is -0.305. The average molecular weight is 432 g/mol. The number of nitrogens with one attached hydrogen (secondary N) is 1. The molecule has 1 aliphatic heterocycles. The maximum atomic E-state index is 12.5. The smallest absolute Gasteiger partial charge is 0.341 e. The highest BCUT2D eigenvalue weighted by atomic mass is 32.1. The Kier molecular flexibility index (Phi) is 8.03. The van der Waals surface area contributed by atoms with Crippen LogP contribution < -0.4 is 5.32 Å². The lowest BCUT2D eigenvalue weighted by atomic mass is 10.1. The Morgan fingerprint density at radius 3 is 2.55 bits per heavy atom. The molecule has 0 saturated carbocycles. The minimum absolute atomic E-state index is 0.305. The van der Waals surface area contributed by atoms with Gasteiger partial charge in [-0.05, 0) is 43.7 Å². The zero-order valence-electron chi connectivity index (χ0n) is 17.1. The van der Waals surface area contributed by atoms with Gasteiger partial charge >= 0.3 is 5.97 Å². The standard InChI is InChI=1S/C22H29N3O2S2/c1-3-10-24-11-13-25(14-12-24)22(28)23-20-19(21(26)27-4-2)16-18(29-20)15-17-8-6-5-7-9-17/h5-9,16H,3-4,10-15H2,1-2H3,(H,23,28). The third-order valence-electron chi connectivity index (χ3n) is 4.92. The molecule has 0 aliphatic carbocycles. The summed E-state index contributed by atoms with van der Waals surface area (Å²) in [5, 5.41) is 4.78. The Bertz CT molecular complexity index is 815. The summed E-state index contributed by atoms with van der Waals surface area (Å²) in [6.07, 6.45) is 1.95. The number of ether oxygens (including phenoxy) is 1. The molecular weight excluding hydrogens is 402 g/mol. The van der Waals surface area contributed by atoms with E-state index < -0.39 is 0 Å². The third-order valence-corrected chi connectivity index (χ3v) is 6.33. The number of hydrogen-bond donors (Lipinski definition) is 1. The Morgan fingerprint density at radius 1 is 1.17 bits per heavy atom. The van der Waals surface area contributed by atoms with Crippen molar-refractivity contribution in [1.29, 1.82) is 0 Å². The van der Waals surface area contributed by atoms with Gasteiger partial charge in [0, 0.05) is 37.5 Å². The fourth-order valence-electron chi connectivity index (χ4n) is 3.45. The van der Waals surface area contributed by atoms with E-state index in [1.54, 1.807) is 11.3 Å². The summed E-state index contributed by atoms with van der Waals surface area (Å²) in [4.78, 5) is 18.2. The molecule has 2 heterocycles. The van der Waals surface area contributed by atoms with Crippen molar-refractivity contribution in [3.8, 4) is 0 Å². The van der Waals surface area contributed by atoms with E-state index in [1.165, 1.54) is 12.0 Å². The number of benzene rings is 1. The summed E-state index contributed by atoms with van der Waals surface area (Å²) < 4.78 is 5.26. The van der Waals surface area contributed by atoms with Gasteiger partial charge in [0.05, 0.1) is 12.2 Å². The number of rotatable bonds is 7. The van der Waals surface area contributed by atoms with E-state index in [0.717, 1.165) is 49.0 Å². The number of thiocarbonyl (C=S) groups is 1. The summed E-state index contributed by atoms with van der Waals surface area (Å²) in [7, 11) is 0. The molecule has 0 amide bonds. The molecule has 3 rings (SSSR count). The van der Waals surface area contributed by atoms with Crippen molar-refractivity contribution in [3.05, 3.63) is 52.4 Å². The van der Waals surface area contributed by atoms with Crippen molar-refractivity contribution in [3.63, 3.8) is 0 Å². The molecule has 1 aromatic carbocycles. The Labute approximate surface area is 182 Å². The van der Waals surface area contributed by atoms with Crippen LogP contribution in [-0.2, 0) is 11.2 Å². The van der Waals surface area contributed by atoms with Crippen LogP contribution in [0.15, 0.2) is 36.4 Å². The largest absolute Gasteiger partial charge is 0.462 e. The summed E-state index contributed by atoms with van der Waals surface area (Å²) in [5.41, 5.74) is 1.78. The van der Waals surface area contributed by atoms with Gasteiger partial charge in [0.15, 0.2) is 5.11 Å². The minimum Gasteiger partial charge on any atom is -0.462 e. The molecule has 1 aromatic heterocycles. The fraction of sp³-hybridized carbons (Fsp3) is 0.455. The number of piperazine rings is 1. The number of thiophene rings is 1. The van der Waals surface area contributed by atoms with Gasteiger partial charge in [0.25, 0.3) is 0 Å². The summed E-state index contributed by atoms with van der Waals surface area (Å²) in [6, 6.07) is 12.2. The van der Waals surface area contributed by atoms with Crippen molar-refractivity contribution in [1.82, 2.24) is 9.80 Å². The quantitative estimate of drug-likeness (QED) is 0.523. The second-order valence-corrected chi connectivity index (χ2v) is 8.62. The predicted molar refractivity (Wildman–Crippen MR) is 124 cm³/mol. The van der Waals surface area contributed by atoms with Gasteiger partial charge in [0.1, 0.15) is 5.00 Å². The van der Waals surface area contributed by atoms with Gasteiger partial charge < -0.3 is 15.0 Å². The van der Waals surface area contributed by atoms with Gasteiger partial charge in [-0.2, -0.15) is 0 Å². The number of nitrogens with zero attached hydrogens (tertiary/aromatic N) is 2. The zero-order chi connectivity index (χ0) is 20.6. The highest BCUT2D eigenvalue weighted by Crippen LogP contribution is 2.31. The molecule has 0 radical (unpaired) electrons. The van der Waals surface area contributed by atoms with E-state index in [1.807, 2.05) is 31.2 Å². The van der Waals surface area contributed by atoms with Crippen LogP contribution in [0.2, 0.25) is 0 Å². The first-order chi connectivity index (χ1) is 14.1. The van der Waals surface area contributed by atoms with Crippen molar-refractivity contribution < 1.29 is 9.53 Å². The van der Waals surface area contributed by atoms with Crippen molar-refractivity contribution >= 4 is 39.6 Å². The maximum absolute atomic E-state index is 12.5. The van der Waals surface area contributed by atoms with Crippen LogP contribution in [-0.4, -0.2) is 60.2 Å². The van der Waals surface area contributed by atoms with Crippen LogP contribution >= 0.6 is 23.6 Å². The Balaban J connectivity index is 1.71. The van der Waals surface area contributed by atoms with Gasteiger partial charge in [-0.3, -0.25) is 4.90 Å². The Morgan fingerprint density at radius 2 is 1.90 bits per heavy atom. The van der Waals surface area contributed by atoms with E-state index in [9.17, 15) is 4.79 Å². The lowest BCUT2D eigenvalue weighted by Gasteiger charge is -2.36. The molecule has 0 spiro atoms. The van der Waals surface area contributed by atoms with Crippen LogP contribution in [0.1, 0.15) is 41.1 Å². The first-order valence-electron chi connectivity index (χ1n) is 10.2. The summed E-state index contributed by atoms with van der Waals surface area (Å²) >= 11 is 7.23. The Hall–Kier alpha value is -1.96. The molecule has 29 heavy (non-hydrogen) atoms. The molecule has 0 unspecified atom stereocenters. The van der Waals surface area contributed by atoms with Crippen LogP contribution in [0, 0.1) is 0 Å². The second-order valence-electron chi connectivity index (χ2n) is 7.10. The van der Waals surface area contributed by atoms with Crippen molar-refractivity contribution in [2.45, 2.75) is 26.7 Å².